The first-order chi connectivity index (χ1) is 7.70. The molecule has 0 aliphatic heterocycles. The molecule has 1 saturated carbocycles. The van der Waals surface area contributed by atoms with Crippen LogP contribution in [0.3, 0.4) is 0 Å². The van der Waals surface area contributed by atoms with Crippen LogP contribution in [0.25, 0.3) is 0 Å². The standard InChI is InChI=1S/C11H14ClN3O/c1-7-14-10(12)9(6-16)11(15-7)13-5-4-8-2-3-8/h6,8H,2-5H2,1H3,(H,13,14,15). The van der Waals surface area contributed by atoms with E-state index in [9.17, 15) is 4.79 Å². The van der Waals surface area contributed by atoms with Gasteiger partial charge in [0.25, 0.3) is 0 Å². The van der Waals surface area contributed by atoms with Crippen molar-refractivity contribution in [2.45, 2.75) is 26.2 Å². The number of nitrogens with one attached hydrogen (secondary N) is 1. The van der Waals surface area contributed by atoms with Crippen LogP contribution in [0.15, 0.2) is 0 Å². The average molecular weight is 240 g/mol. The fraction of sp³-hybridized carbons (Fsp3) is 0.545. The van der Waals surface area contributed by atoms with Crippen LogP contribution in [-0.2, 0) is 0 Å². The minimum Gasteiger partial charge on any atom is -0.369 e. The second-order valence-corrected chi connectivity index (χ2v) is 4.46. The number of hydrogen-bond acceptors (Lipinski definition) is 4. The third kappa shape index (κ3) is 2.70. The zero-order valence-corrected chi connectivity index (χ0v) is 9.92. The predicted molar refractivity (Wildman–Crippen MR) is 63.0 cm³/mol. The first-order valence-electron chi connectivity index (χ1n) is 5.44. The number of carbonyl (C=O) groups is 1. The molecule has 1 fully saturated rings. The van der Waals surface area contributed by atoms with Crippen LogP contribution in [0.4, 0.5) is 5.82 Å². The lowest BCUT2D eigenvalue weighted by Gasteiger charge is -2.08. The van der Waals surface area contributed by atoms with Gasteiger partial charge < -0.3 is 5.32 Å². The quantitative estimate of drug-likeness (QED) is 0.634. The molecule has 4 nitrogen and oxygen atoms in total. The molecule has 1 N–H and O–H groups in total. The third-order valence-electron chi connectivity index (χ3n) is 2.67. The Morgan fingerprint density at radius 3 is 2.88 bits per heavy atom. The van der Waals surface area contributed by atoms with Crippen LogP contribution in [0.5, 0.6) is 0 Å². The number of aromatic nitrogens is 2. The molecule has 0 radical (unpaired) electrons. The number of halogens is 1. The first kappa shape index (κ1) is 11.3. The second kappa shape index (κ2) is 4.78. The van der Waals surface area contributed by atoms with Gasteiger partial charge in [-0.15, -0.1) is 0 Å². The van der Waals surface area contributed by atoms with Gasteiger partial charge >= 0.3 is 0 Å². The molecule has 86 valence electrons. The Hall–Kier alpha value is -1.16. The Bertz CT molecular complexity index is 404. The lowest BCUT2D eigenvalue weighted by Crippen LogP contribution is -2.09. The highest BCUT2D eigenvalue weighted by atomic mass is 35.5. The number of aryl methyl sites for hydroxylation is 1. The summed E-state index contributed by atoms with van der Waals surface area (Å²) in [6, 6.07) is 0. The summed E-state index contributed by atoms with van der Waals surface area (Å²) < 4.78 is 0. The van der Waals surface area contributed by atoms with Crippen molar-refractivity contribution in [3.63, 3.8) is 0 Å². The van der Waals surface area contributed by atoms with E-state index in [4.69, 9.17) is 11.6 Å². The van der Waals surface area contributed by atoms with Crippen LogP contribution in [-0.4, -0.2) is 22.8 Å². The molecular formula is C11H14ClN3O. The lowest BCUT2D eigenvalue weighted by atomic mass is 10.3. The van der Waals surface area contributed by atoms with E-state index in [-0.39, 0.29) is 5.15 Å². The summed E-state index contributed by atoms with van der Waals surface area (Å²) in [4.78, 5) is 19.0. The van der Waals surface area contributed by atoms with Gasteiger partial charge in [0, 0.05) is 6.54 Å². The number of rotatable bonds is 5. The zero-order chi connectivity index (χ0) is 11.5. The molecule has 5 heteroatoms. The highest BCUT2D eigenvalue weighted by Gasteiger charge is 2.20. The van der Waals surface area contributed by atoms with Gasteiger partial charge in [0.1, 0.15) is 16.8 Å². The van der Waals surface area contributed by atoms with Gasteiger partial charge in [0.15, 0.2) is 6.29 Å². The monoisotopic (exact) mass is 239 g/mol. The van der Waals surface area contributed by atoms with Gasteiger partial charge in [-0.1, -0.05) is 24.4 Å². The van der Waals surface area contributed by atoms with Gasteiger partial charge in [0.2, 0.25) is 0 Å². The summed E-state index contributed by atoms with van der Waals surface area (Å²) in [5, 5.41) is 3.37. The van der Waals surface area contributed by atoms with Gasteiger partial charge in [-0.05, 0) is 19.3 Å². The van der Waals surface area contributed by atoms with E-state index in [0.29, 0.717) is 23.5 Å². The molecule has 0 spiro atoms. The Kier molecular flexibility index (Phi) is 3.39. The summed E-state index contributed by atoms with van der Waals surface area (Å²) in [7, 11) is 0. The molecule has 16 heavy (non-hydrogen) atoms. The van der Waals surface area contributed by atoms with Gasteiger partial charge in [-0.2, -0.15) is 0 Å². The van der Waals surface area contributed by atoms with Crippen molar-refractivity contribution in [2.75, 3.05) is 11.9 Å². The Labute approximate surface area is 99.4 Å². The van der Waals surface area contributed by atoms with Crippen molar-refractivity contribution in [3.8, 4) is 0 Å². The van der Waals surface area contributed by atoms with Gasteiger partial charge in [-0.3, -0.25) is 4.79 Å². The topological polar surface area (TPSA) is 54.9 Å². The zero-order valence-electron chi connectivity index (χ0n) is 9.16. The summed E-state index contributed by atoms with van der Waals surface area (Å²) in [6.45, 7) is 2.59. The molecule has 1 aliphatic carbocycles. The highest BCUT2D eigenvalue weighted by Crippen LogP contribution is 2.32. The lowest BCUT2D eigenvalue weighted by molar-refractivity contribution is 0.112. The van der Waals surface area contributed by atoms with E-state index in [1.54, 1.807) is 6.92 Å². The molecule has 0 unspecified atom stereocenters. The molecule has 0 amide bonds. The average Bonchev–Trinajstić information content (AvgIpc) is 3.01. The van der Waals surface area contributed by atoms with Gasteiger partial charge in [-0.25, -0.2) is 9.97 Å². The fourth-order valence-corrected chi connectivity index (χ4v) is 1.84. The SMILES string of the molecule is Cc1nc(Cl)c(C=O)c(NCCC2CC2)n1. The van der Waals surface area contributed by atoms with Crippen molar-refractivity contribution < 1.29 is 4.79 Å². The normalized spacial score (nSPS) is 14.9. The highest BCUT2D eigenvalue weighted by molar-refractivity contribution is 6.32. The summed E-state index contributed by atoms with van der Waals surface area (Å²) in [5.74, 6) is 1.98. The minimum atomic E-state index is 0.219. The van der Waals surface area contributed by atoms with E-state index in [1.807, 2.05) is 0 Å². The van der Waals surface area contributed by atoms with E-state index in [0.717, 1.165) is 18.9 Å². The molecule has 0 aromatic carbocycles. The Morgan fingerprint density at radius 1 is 1.50 bits per heavy atom. The van der Waals surface area contributed by atoms with Crippen molar-refractivity contribution in [2.24, 2.45) is 5.92 Å². The van der Waals surface area contributed by atoms with E-state index >= 15 is 0 Å². The van der Waals surface area contributed by atoms with Crippen LogP contribution < -0.4 is 5.32 Å². The van der Waals surface area contributed by atoms with Gasteiger partial charge in [0.05, 0.1) is 5.56 Å². The number of hydrogen-bond donors (Lipinski definition) is 1. The van der Waals surface area contributed by atoms with Crippen molar-refractivity contribution in [1.82, 2.24) is 9.97 Å². The third-order valence-corrected chi connectivity index (χ3v) is 2.96. The van der Waals surface area contributed by atoms with Crippen LogP contribution in [0.1, 0.15) is 35.4 Å². The summed E-state index contributed by atoms with van der Waals surface area (Å²) >= 11 is 5.87. The second-order valence-electron chi connectivity index (χ2n) is 4.10. The maximum atomic E-state index is 10.9. The number of aldehydes is 1. The first-order valence-corrected chi connectivity index (χ1v) is 5.81. The van der Waals surface area contributed by atoms with Crippen molar-refractivity contribution >= 4 is 23.7 Å². The molecule has 1 aromatic heterocycles. The maximum Gasteiger partial charge on any atom is 0.156 e. The minimum absolute atomic E-state index is 0.219. The summed E-state index contributed by atoms with van der Waals surface area (Å²) in [5.41, 5.74) is 0.350. The Morgan fingerprint density at radius 2 is 2.25 bits per heavy atom. The molecule has 2 rings (SSSR count). The van der Waals surface area contributed by atoms with Crippen LogP contribution in [0.2, 0.25) is 5.15 Å². The van der Waals surface area contributed by atoms with E-state index < -0.39 is 0 Å². The van der Waals surface area contributed by atoms with Crippen molar-refractivity contribution in [1.29, 1.82) is 0 Å². The molecule has 0 bridgehead atoms. The van der Waals surface area contributed by atoms with Crippen molar-refractivity contribution in [3.05, 3.63) is 16.5 Å². The van der Waals surface area contributed by atoms with E-state index in [1.165, 1.54) is 12.8 Å². The number of carbonyl (C=O) groups excluding carboxylic acids is 1. The molecule has 1 aromatic rings. The fourth-order valence-electron chi connectivity index (χ4n) is 1.59. The molecule has 0 saturated heterocycles. The number of anilines is 1. The predicted octanol–water partition coefficient (Wildman–Crippen LogP) is 2.46. The molecule has 1 heterocycles. The molecule has 1 aliphatic rings. The van der Waals surface area contributed by atoms with Crippen LogP contribution in [0, 0.1) is 12.8 Å². The summed E-state index contributed by atoms with van der Waals surface area (Å²) in [6.07, 6.45) is 4.47. The Balaban J connectivity index is 2.07. The molecule has 0 atom stereocenters. The molecular weight excluding hydrogens is 226 g/mol. The maximum absolute atomic E-state index is 10.9. The smallest absolute Gasteiger partial charge is 0.156 e. The van der Waals surface area contributed by atoms with Crippen LogP contribution >= 0.6 is 11.6 Å². The van der Waals surface area contributed by atoms with E-state index in [2.05, 4.69) is 15.3 Å². The largest absolute Gasteiger partial charge is 0.369 e. The number of nitrogens with zero attached hydrogens (tertiary/aromatic N) is 2.